The standard InChI is InChI=1S/C19H24N2O4/c1-24-17-8-5-9-18(12-17)25-14-16(22)13-21-19(23)20-11-10-15-6-3-2-4-7-15/h2-9,12,16,22H,10-11,13-14H2,1H3,(H2,20,21,23). The van der Waals surface area contributed by atoms with Crippen molar-refractivity contribution in [2.24, 2.45) is 0 Å². The van der Waals surface area contributed by atoms with Crippen molar-refractivity contribution in [3.63, 3.8) is 0 Å². The van der Waals surface area contributed by atoms with Crippen molar-refractivity contribution < 1.29 is 19.4 Å². The zero-order valence-electron chi connectivity index (χ0n) is 14.3. The summed E-state index contributed by atoms with van der Waals surface area (Å²) in [6.07, 6.45) is -0.0402. The summed E-state index contributed by atoms with van der Waals surface area (Å²) >= 11 is 0. The number of carbonyl (C=O) groups excluding carboxylic acids is 1. The van der Waals surface area contributed by atoms with Gasteiger partial charge in [0.1, 0.15) is 24.2 Å². The van der Waals surface area contributed by atoms with E-state index in [0.29, 0.717) is 18.0 Å². The Morgan fingerprint density at radius 3 is 2.60 bits per heavy atom. The van der Waals surface area contributed by atoms with Crippen LogP contribution in [-0.2, 0) is 6.42 Å². The summed E-state index contributed by atoms with van der Waals surface area (Å²) in [4.78, 5) is 11.7. The van der Waals surface area contributed by atoms with Crippen molar-refractivity contribution >= 4 is 6.03 Å². The fourth-order valence-corrected chi connectivity index (χ4v) is 2.18. The third-order valence-electron chi connectivity index (χ3n) is 3.52. The molecule has 0 aliphatic rings. The number of methoxy groups -OCH3 is 1. The smallest absolute Gasteiger partial charge is 0.314 e. The molecule has 0 heterocycles. The first-order chi connectivity index (χ1) is 12.2. The lowest BCUT2D eigenvalue weighted by Crippen LogP contribution is -2.41. The number of amides is 2. The molecule has 6 nitrogen and oxygen atoms in total. The molecular weight excluding hydrogens is 320 g/mol. The van der Waals surface area contributed by atoms with Crippen LogP contribution in [0.1, 0.15) is 5.56 Å². The van der Waals surface area contributed by atoms with Gasteiger partial charge in [-0.15, -0.1) is 0 Å². The average molecular weight is 344 g/mol. The quantitative estimate of drug-likeness (QED) is 0.650. The van der Waals surface area contributed by atoms with Gasteiger partial charge in [-0.25, -0.2) is 4.79 Å². The lowest BCUT2D eigenvalue weighted by molar-refractivity contribution is 0.107. The molecule has 0 radical (unpaired) electrons. The van der Waals surface area contributed by atoms with E-state index in [-0.39, 0.29) is 19.2 Å². The fourth-order valence-electron chi connectivity index (χ4n) is 2.18. The van der Waals surface area contributed by atoms with Crippen LogP contribution in [0.2, 0.25) is 0 Å². The monoisotopic (exact) mass is 344 g/mol. The first-order valence-corrected chi connectivity index (χ1v) is 8.18. The molecule has 0 aromatic heterocycles. The number of benzene rings is 2. The van der Waals surface area contributed by atoms with Crippen LogP contribution in [0, 0.1) is 0 Å². The molecule has 25 heavy (non-hydrogen) atoms. The lowest BCUT2D eigenvalue weighted by Gasteiger charge is -2.14. The Labute approximate surface area is 147 Å². The van der Waals surface area contributed by atoms with Crippen molar-refractivity contribution in [2.75, 3.05) is 26.8 Å². The van der Waals surface area contributed by atoms with Gasteiger partial charge in [0.05, 0.1) is 7.11 Å². The molecule has 0 saturated carbocycles. The van der Waals surface area contributed by atoms with Gasteiger partial charge in [0, 0.05) is 19.2 Å². The number of nitrogens with one attached hydrogen (secondary N) is 2. The van der Waals surface area contributed by atoms with E-state index in [1.807, 2.05) is 36.4 Å². The molecule has 2 amide bonds. The summed E-state index contributed by atoms with van der Waals surface area (Å²) in [5.74, 6) is 1.29. The molecule has 1 unspecified atom stereocenters. The first-order valence-electron chi connectivity index (χ1n) is 8.18. The van der Waals surface area contributed by atoms with Gasteiger partial charge in [0.15, 0.2) is 0 Å². The van der Waals surface area contributed by atoms with E-state index in [9.17, 15) is 9.90 Å². The number of rotatable bonds is 9. The molecule has 134 valence electrons. The number of hydrogen-bond acceptors (Lipinski definition) is 4. The van der Waals surface area contributed by atoms with Gasteiger partial charge in [-0.3, -0.25) is 0 Å². The Morgan fingerprint density at radius 2 is 1.84 bits per heavy atom. The molecule has 0 spiro atoms. The molecule has 0 aliphatic heterocycles. The van der Waals surface area contributed by atoms with Crippen LogP contribution in [0.5, 0.6) is 11.5 Å². The van der Waals surface area contributed by atoms with Crippen molar-refractivity contribution in [2.45, 2.75) is 12.5 Å². The SMILES string of the molecule is COc1cccc(OCC(O)CNC(=O)NCCc2ccccc2)c1. The Morgan fingerprint density at radius 1 is 1.08 bits per heavy atom. The molecule has 2 aromatic rings. The highest BCUT2D eigenvalue weighted by molar-refractivity contribution is 5.73. The molecule has 2 aromatic carbocycles. The van der Waals surface area contributed by atoms with Gasteiger partial charge in [-0.1, -0.05) is 36.4 Å². The highest BCUT2D eigenvalue weighted by atomic mass is 16.5. The Bertz CT molecular complexity index is 649. The number of urea groups is 1. The van der Waals surface area contributed by atoms with Crippen molar-refractivity contribution in [3.8, 4) is 11.5 Å². The number of ether oxygens (including phenoxy) is 2. The summed E-state index contributed by atoms with van der Waals surface area (Å²) < 4.78 is 10.6. The van der Waals surface area contributed by atoms with Gasteiger partial charge >= 0.3 is 6.03 Å². The predicted octanol–water partition coefficient (Wildman–Crippen LogP) is 1.98. The van der Waals surface area contributed by atoms with E-state index in [4.69, 9.17) is 9.47 Å². The summed E-state index contributed by atoms with van der Waals surface area (Å²) in [6, 6.07) is 16.7. The van der Waals surface area contributed by atoms with Gasteiger partial charge in [-0.05, 0) is 24.1 Å². The van der Waals surface area contributed by atoms with Crippen LogP contribution in [-0.4, -0.2) is 44.0 Å². The zero-order chi connectivity index (χ0) is 17.9. The van der Waals surface area contributed by atoms with Crippen LogP contribution in [0.4, 0.5) is 4.79 Å². The maximum absolute atomic E-state index is 11.7. The highest BCUT2D eigenvalue weighted by Crippen LogP contribution is 2.18. The maximum atomic E-state index is 11.7. The number of carbonyl (C=O) groups is 1. The molecular formula is C19H24N2O4. The summed E-state index contributed by atoms with van der Waals surface area (Å²) in [5, 5.41) is 15.3. The van der Waals surface area contributed by atoms with Gasteiger partial charge in [0.2, 0.25) is 0 Å². The largest absolute Gasteiger partial charge is 0.497 e. The van der Waals surface area contributed by atoms with E-state index in [1.165, 1.54) is 0 Å². The normalized spacial score (nSPS) is 11.4. The van der Waals surface area contributed by atoms with Crippen molar-refractivity contribution in [1.82, 2.24) is 10.6 Å². The topological polar surface area (TPSA) is 79.8 Å². The third kappa shape index (κ3) is 7.14. The molecule has 0 fully saturated rings. The van der Waals surface area contributed by atoms with Gasteiger partial charge < -0.3 is 25.2 Å². The fraction of sp³-hybridized carbons (Fsp3) is 0.316. The summed E-state index contributed by atoms with van der Waals surface area (Å²) in [5.41, 5.74) is 1.16. The number of aliphatic hydroxyl groups excluding tert-OH is 1. The minimum Gasteiger partial charge on any atom is -0.497 e. The first kappa shape index (κ1) is 18.6. The predicted molar refractivity (Wildman–Crippen MR) is 96.0 cm³/mol. The van der Waals surface area contributed by atoms with E-state index >= 15 is 0 Å². The minimum absolute atomic E-state index is 0.0808. The van der Waals surface area contributed by atoms with Crippen LogP contribution in [0.3, 0.4) is 0 Å². The number of aliphatic hydroxyl groups is 1. The van der Waals surface area contributed by atoms with E-state index in [1.54, 1.807) is 25.3 Å². The van der Waals surface area contributed by atoms with Crippen LogP contribution >= 0.6 is 0 Å². The molecule has 0 bridgehead atoms. The highest BCUT2D eigenvalue weighted by Gasteiger charge is 2.08. The third-order valence-corrected chi connectivity index (χ3v) is 3.52. The molecule has 6 heteroatoms. The zero-order valence-corrected chi connectivity index (χ0v) is 14.3. The second kappa shape index (κ2) is 10.2. The second-order valence-corrected chi connectivity index (χ2v) is 5.52. The Kier molecular flexibility index (Phi) is 7.59. The second-order valence-electron chi connectivity index (χ2n) is 5.52. The van der Waals surface area contributed by atoms with E-state index in [2.05, 4.69) is 10.6 Å². The molecule has 1 atom stereocenters. The average Bonchev–Trinajstić information content (AvgIpc) is 2.65. The molecule has 3 N–H and O–H groups in total. The summed E-state index contributed by atoms with van der Waals surface area (Å²) in [7, 11) is 1.58. The van der Waals surface area contributed by atoms with Gasteiger partial charge in [0.25, 0.3) is 0 Å². The van der Waals surface area contributed by atoms with E-state index in [0.717, 1.165) is 12.0 Å². The van der Waals surface area contributed by atoms with Crippen LogP contribution < -0.4 is 20.1 Å². The molecule has 0 aliphatic carbocycles. The Balaban J connectivity index is 1.60. The van der Waals surface area contributed by atoms with Gasteiger partial charge in [-0.2, -0.15) is 0 Å². The minimum atomic E-state index is -0.800. The summed E-state index contributed by atoms with van der Waals surface area (Å²) in [6.45, 7) is 0.727. The lowest BCUT2D eigenvalue weighted by atomic mass is 10.1. The van der Waals surface area contributed by atoms with Crippen LogP contribution in [0.15, 0.2) is 54.6 Å². The molecule has 2 rings (SSSR count). The maximum Gasteiger partial charge on any atom is 0.314 e. The molecule has 0 saturated heterocycles. The Hall–Kier alpha value is -2.73. The van der Waals surface area contributed by atoms with Crippen molar-refractivity contribution in [3.05, 3.63) is 60.2 Å². The number of hydrogen-bond donors (Lipinski definition) is 3. The van der Waals surface area contributed by atoms with E-state index < -0.39 is 6.10 Å². The van der Waals surface area contributed by atoms with Crippen molar-refractivity contribution in [1.29, 1.82) is 0 Å². The van der Waals surface area contributed by atoms with Crippen LogP contribution in [0.25, 0.3) is 0 Å².